The van der Waals surface area contributed by atoms with Crippen LogP contribution in [-0.2, 0) is 19.5 Å². The van der Waals surface area contributed by atoms with Crippen LogP contribution in [-0.4, -0.2) is 49.8 Å². The number of nitrogens with zero attached hydrogens (tertiary/aromatic N) is 2. The molecule has 0 bridgehead atoms. The molecular formula is C22H22N2O5S. The van der Waals surface area contributed by atoms with E-state index in [0.29, 0.717) is 44.7 Å². The van der Waals surface area contributed by atoms with Crippen LogP contribution in [0, 0.1) is 0 Å². The molecule has 2 fully saturated rings. The molecule has 2 aromatic carbocycles. The van der Waals surface area contributed by atoms with E-state index < -0.39 is 15.8 Å². The van der Waals surface area contributed by atoms with Crippen LogP contribution in [0.5, 0.6) is 0 Å². The van der Waals surface area contributed by atoms with Crippen molar-refractivity contribution < 1.29 is 22.3 Å². The number of oxazole rings is 1. The third-order valence-corrected chi connectivity index (χ3v) is 7.35. The molecule has 7 nitrogen and oxygen atoms in total. The second kappa shape index (κ2) is 7.63. The van der Waals surface area contributed by atoms with Gasteiger partial charge in [0.15, 0.2) is 11.5 Å². The molecule has 0 saturated carbocycles. The van der Waals surface area contributed by atoms with Gasteiger partial charge in [-0.2, -0.15) is 9.29 Å². The van der Waals surface area contributed by atoms with Gasteiger partial charge in [-0.1, -0.05) is 48.5 Å². The molecule has 0 N–H and O–H groups in total. The SMILES string of the molecule is O=S(=O)(c1nc(-c2ccccc2)oc1-c1ccccc1)N1CCC2(CC1)OCCO2. The summed E-state index contributed by atoms with van der Waals surface area (Å²) in [6.45, 7) is 1.72. The normalized spacial score (nSPS) is 19.3. The molecule has 1 aromatic heterocycles. The summed E-state index contributed by atoms with van der Waals surface area (Å²) in [7, 11) is -3.86. The molecule has 156 valence electrons. The molecule has 3 aromatic rings. The third kappa shape index (κ3) is 3.45. The Kier molecular flexibility index (Phi) is 4.94. The van der Waals surface area contributed by atoms with Gasteiger partial charge in [0.2, 0.25) is 10.9 Å². The molecule has 1 spiro atoms. The topological polar surface area (TPSA) is 81.9 Å². The van der Waals surface area contributed by atoms with Gasteiger partial charge in [0.05, 0.1) is 13.2 Å². The highest BCUT2D eigenvalue weighted by molar-refractivity contribution is 7.89. The van der Waals surface area contributed by atoms with Gasteiger partial charge < -0.3 is 13.9 Å². The largest absolute Gasteiger partial charge is 0.435 e. The molecule has 8 heteroatoms. The van der Waals surface area contributed by atoms with Crippen molar-refractivity contribution in [3.63, 3.8) is 0 Å². The zero-order chi connectivity index (χ0) is 20.6. The van der Waals surface area contributed by atoms with Gasteiger partial charge in [-0.25, -0.2) is 8.42 Å². The van der Waals surface area contributed by atoms with E-state index in [-0.39, 0.29) is 16.7 Å². The molecule has 5 rings (SSSR count). The Balaban J connectivity index is 1.53. The highest BCUT2D eigenvalue weighted by Crippen LogP contribution is 2.37. The van der Waals surface area contributed by atoms with Gasteiger partial charge in [0, 0.05) is 37.1 Å². The van der Waals surface area contributed by atoms with E-state index in [4.69, 9.17) is 13.9 Å². The molecule has 0 unspecified atom stereocenters. The van der Waals surface area contributed by atoms with Gasteiger partial charge in [-0.15, -0.1) is 0 Å². The fourth-order valence-electron chi connectivity index (χ4n) is 3.93. The number of aromatic nitrogens is 1. The predicted molar refractivity (Wildman–Crippen MR) is 110 cm³/mol. The first-order valence-electron chi connectivity index (χ1n) is 9.97. The van der Waals surface area contributed by atoms with Crippen LogP contribution in [0.2, 0.25) is 0 Å². The minimum Gasteiger partial charge on any atom is -0.435 e. The fourth-order valence-corrected chi connectivity index (χ4v) is 5.43. The second-order valence-corrected chi connectivity index (χ2v) is 9.25. The van der Waals surface area contributed by atoms with Crippen LogP contribution in [0.25, 0.3) is 22.8 Å². The Morgan fingerprint density at radius 2 is 1.40 bits per heavy atom. The van der Waals surface area contributed by atoms with Crippen molar-refractivity contribution in [3.05, 3.63) is 60.7 Å². The molecule has 2 aliphatic heterocycles. The summed E-state index contributed by atoms with van der Waals surface area (Å²) < 4.78 is 46.0. The predicted octanol–water partition coefficient (Wildman–Crippen LogP) is 3.54. The molecule has 0 amide bonds. The van der Waals surface area contributed by atoms with Crippen LogP contribution < -0.4 is 0 Å². The highest BCUT2D eigenvalue weighted by atomic mass is 32.2. The van der Waals surface area contributed by atoms with Gasteiger partial charge in [-0.05, 0) is 12.1 Å². The fraction of sp³-hybridized carbons (Fsp3) is 0.318. The highest BCUT2D eigenvalue weighted by Gasteiger charge is 2.44. The number of ether oxygens (including phenoxy) is 2. The Labute approximate surface area is 175 Å². The number of hydrogen-bond donors (Lipinski definition) is 0. The Morgan fingerprint density at radius 3 is 2.00 bits per heavy atom. The molecule has 3 heterocycles. The summed E-state index contributed by atoms with van der Waals surface area (Å²) in [6.07, 6.45) is 0.993. The van der Waals surface area contributed by atoms with E-state index in [1.54, 1.807) is 0 Å². The summed E-state index contributed by atoms with van der Waals surface area (Å²) in [5.41, 5.74) is 1.39. The van der Waals surface area contributed by atoms with E-state index >= 15 is 0 Å². The van der Waals surface area contributed by atoms with Gasteiger partial charge >= 0.3 is 0 Å². The average Bonchev–Trinajstić information content (AvgIpc) is 3.44. The van der Waals surface area contributed by atoms with Gasteiger partial charge in [0.25, 0.3) is 10.0 Å². The van der Waals surface area contributed by atoms with Crippen molar-refractivity contribution >= 4 is 10.0 Å². The lowest BCUT2D eigenvalue weighted by atomic mass is 10.1. The van der Waals surface area contributed by atoms with Crippen molar-refractivity contribution in [3.8, 4) is 22.8 Å². The molecular weight excluding hydrogens is 404 g/mol. The lowest BCUT2D eigenvalue weighted by Crippen LogP contribution is -2.47. The first-order valence-corrected chi connectivity index (χ1v) is 11.4. The lowest BCUT2D eigenvalue weighted by molar-refractivity contribution is -0.179. The smallest absolute Gasteiger partial charge is 0.264 e. The standard InChI is InChI=1S/C22H22N2O5S/c25-30(26,24-13-11-22(12-14-24)27-15-16-28-22)21-19(17-7-3-1-4-8-17)29-20(23-21)18-9-5-2-6-10-18/h1-10H,11-16H2. The molecule has 2 saturated heterocycles. The van der Waals surface area contributed by atoms with E-state index in [9.17, 15) is 8.42 Å². The van der Waals surface area contributed by atoms with Crippen molar-refractivity contribution in [2.24, 2.45) is 0 Å². The molecule has 0 atom stereocenters. The quantitative estimate of drug-likeness (QED) is 0.635. The summed E-state index contributed by atoms with van der Waals surface area (Å²) in [5, 5.41) is -0.0586. The summed E-state index contributed by atoms with van der Waals surface area (Å²) >= 11 is 0. The van der Waals surface area contributed by atoms with Crippen molar-refractivity contribution in [2.75, 3.05) is 26.3 Å². The van der Waals surface area contributed by atoms with Gasteiger partial charge in [-0.3, -0.25) is 0 Å². The number of sulfonamides is 1. The molecule has 30 heavy (non-hydrogen) atoms. The maximum absolute atomic E-state index is 13.6. The van der Waals surface area contributed by atoms with Crippen LogP contribution in [0.1, 0.15) is 12.8 Å². The lowest BCUT2D eigenvalue weighted by Gasteiger charge is -2.36. The van der Waals surface area contributed by atoms with Crippen LogP contribution >= 0.6 is 0 Å². The van der Waals surface area contributed by atoms with E-state index in [1.807, 2.05) is 60.7 Å². The number of rotatable bonds is 4. The minimum absolute atomic E-state index is 0.0586. The summed E-state index contributed by atoms with van der Waals surface area (Å²) in [5.74, 6) is -0.111. The maximum atomic E-state index is 13.6. The first-order chi connectivity index (χ1) is 14.6. The van der Waals surface area contributed by atoms with Crippen LogP contribution in [0.15, 0.2) is 70.1 Å². The molecule has 0 aliphatic carbocycles. The third-order valence-electron chi connectivity index (χ3n) is 5.53. The van der Waals surface area contributed by atoms with E-state index in [2.05, 4.69) is 4.98 Å². The molecule has 0 radical (unpaired) electrons. The van der Waals surface area contributed by atoms with Crippen LogP contribution in [0.3, 0.4) is 0 Å². The number of hydrogen-bond acceptors (Lipinski definition) is 6. The monoisotopic (exact) mass is 426 g/mol. The molecule has 2 aliphatic rings. The minimum atomic E-state index is -3.86. The van der Waals surface area contributed by atoms with Crippen molar-refractivity contribution in [1.82, 2.24) is 9.29 Å². The van der Waals surface area contributed by atoms with E-state index in [1.165, 1.54) is 4.31 Å². The average molecular weight is 426 g/mol. The zero-order valence-corrected chi connectivity index (χ0v) is 17.2. The Bertz CT molecular complexity index is 1110. The number of benzene rings is 2. The first kappa shape index (κ1) is 19.4. The maximum Gasteiger partial charge on any atom is 0.264 e. The zero-order valence-electron chi connectivity index (χ0n) is 16.4. The Morgan fingerprint density at radius 1 is 0.833 bits per heavy atom. The van der Waals surface area contributed by atoms with Crippen molar-refractivity contribution in [2.45, 2.75) is 23.7 Å². The Hall–Kier alpha value is -2.52. The summed E-state index contributed by atoms with van der Waals surface area (Å²) in [6, 6.07) is 18.5. The van der Waals surface area contributed by atoms with Gasteiger partial charge in [0.1, 0.15) is 0 Å². The number of piperidine rings is 1. The van der Waals surface area contributed by atoms with Crippen molar-refractivity contribution in [1.29, 1.82) is 0 Å². The second-order valence-electron chi connectivity index (χ2n) is 7.40. The van der Waals surface area contributed by atoms with Crippen LogP contribution in [0.4, 0.5) is 0 Å². The van der Waals surface area contributed by atoms with E-state index in [0.717, 1.165) is 5.56 Å². The summed E-state index contributed by atoms with van der Waals surface area (Å²) in [4.78, 5) is 4.43.